The number of fused-ring (bicyclic) bond motifs is 1. The molecular weight excluding hydrogens is 485 g/mol. The zero-order valence-electron chi connectivity index (χ0n) is 19.3. The number of hydrogen-bond acceptors (Lipinski definition) is 7. The van der Waals surface area contributed by atoms with E-state index in [-0.39, 0.29) is 6.10 Å². The van der Waals surface area contributed by atoms with Crippen molar-refractivity contribution in [1.29, 1.82) is 0 Å². The van der Waals surface area contributed by atoms with Gasteiger partial charge in [-0.1, -0.05) is 23.2 Å². The Morgan fingerprint density at radius 1 is 1.03 bits per heavy atom. The highest BCUT2D eigenvalue weighted by atomic mass is 35.5. The van der Waals surface area contributed by atoms with Gasteiger partial charge in [0, 0.05) is 59.8 Å². The molecule has 1 atom stereocenters. The van der Waals surface area contributed by atoms with Crippen LogP contribution in [0.1, 0.15) is 31.4 Å². The number of piperidine rings is 1. The highest BCUT2D eigenvalue weighted by Gasteiger charge is 2.44. The molecule has 0 aliphatic carbocycles. The standard InChI is InChI=1S/C25H25Cl2N7O/c1-15(22-19(26)11-29-12-20(22)27)35-17-2-3-21-18(8-17)23(33-32-21)16-9-30-24(31-10-16)34-13-25(14-34)4-6-28-7-5-25/h2-3,8-12,15,28H,4-7,13-14H2,1H3,(H,32,33)/t15-/m1/s1. The van der Waals surface area contributed by atoms with Gasteiger partial charge in [-0.15, -0.1) is 0 Å². The van der Waals surface area contributed by atoms with Crippen LogP contribution in [-0.4, -0.2) is 51.3 Å². The lowest BCUT2D eigenvalue weighted by Gasteiger charge is -2.52. The summed E-state index contributed by atoms with van der Waals surface area (Å²) in [5, 5.41) is 12.9. The van der Waals surface area contributed by atoms with Crippen molar-refractivity contribution in [2.75, 3.05) is 31.1 Å². The minimum absolute atomic E-state index is 0.354. The fourth-order valence-electron chi connectivity index (χ4n) is 5.14. The Morgan fingerprint density at radius 3 is 2.46 bits per heavy atom. The largest absolute Gasteiger partial charge is 0.486 e. The zero-order chi connectivity index (χ0) is 24.0. The fraction of sp³-hybridized carbons (Fsp3) is 0.360. The highest BCUT2D eigenvalue weighted by molar-refractivity contribution is 6.35. The third-order valence-corrected chi connectivity index (χ3v) is 7.66. The molecule has 2 N–H and O–H groups in total. The number of halogens is 2. The normalized spacial score (nSPS) is 18.0. The van der Waals surface area contributed by atoms with Crippen LogP contribution < -0.4 is 15.0 Å². The van der Waals surface area contributed by atoms with Crippen molar-refractivity contribution in [2.24, 2.45) is 5.41 Å². The number of anilines is 1. The number of ether oxygens (including phenoxy) is 1. The molecule has 2 aliphatic rings. The average molecular weight is 510 g/mol. The number of rotatable bonds is 5. The van der Waals surface area contributed by atoms with E-state index < -0.39 is 0 Å². The SMILES string of the molecule is C[C@@H](Oc1ccc2[nH]nc(-c3cnc(N4CC5(CCNCC5)C4)nc3)c2c1)c1c(Cl)cncc1Cl. The quantitative estimate of drug-likeness (QED) is 0.388. The van der Waals surface area contributed by atoms with Crippen molar-refractivity contribution >= 4 is 40.1 Å². The third-order valence-electron chi connectivity index (χ3n) is 7.06. The van der Waals surface area contributed by atoms with Gasteiger partial charge in [0.15, 0.2) is 0 Å². The number of aromatic amines is 1. The van der Waals surface area contributed by atoms with Crippen LogP contribution in [0.5, 0.6) is 5.75 Å². The van der Waals surface area contributed by atoms with Gasteiger partial charge >= 0.3 is 0 Å². The van der Waals surface area contributed by atoms with E-state index in [4.69, 9.17) is 27.9 Å². The van der Waals surface area contributed by atoms with Crippen LogP contribution in [0.25, 0.3) is 22.2 Å². The van der Waals surface area contributed by atoms with Crippen molar-refractivity contribution in [1.82, 2.24) is 30.5 Å². The number of hydrogen-bond donors (Lipinski definition) is 2. The van der Waals surface area contributed by atoms with Crippen LogP contribution in [0.4, 0.5) is 5.95 Å². The van der Waals surface area contributed by atoms with Crippen molar-refractivity contribution in [3.8, 4) is 17.0 Å². The van der Waals surface area contributed by atoms with Crippen LogP contribution in [0.15, 0.2) is 43.0 Å². The molecule has 0 amide bonds. The fourth-order valence-corrected chi connectivity index (χ4v) is 5.82. The Bertz CT molecular complexity index is 1340. The van der Waals surface area contributed by atoms with E-state index in [1.165, 1.54) is 12.8 Å². The van der Waals surface area contributed by atoms with E-state index in [2.05, 4.69) is 35.4 Å². The molecule has 0 saturated carbocycles. The highest BCUT2D eigenvalue weighted by Crippen LogP contribution is 2.40. The number of nitrogens with one attached hydrogen (secondary N) is 2. The summed E-state index contributed by atoms with van der Waals surface area (Å²) in [6.45, 7) is 6.18. The lowest BCUT2D eigenvalue weighted by Crippen LogP contribution is -2.60. The molecule has 35 heavy (non-hydrogen) atoms. The molecule has 0 radical (unpaired) electrons. The number of benzene rings is 1. The summed E-state index contributed by atoms with van der Waals surface area (Å²) in [5.41, 5.74) is 3.67. The molecule has 0 bridgehead atoms. The van der Waals surface area contributed by atoms with Crippen LogP contribution in [-0.2, 0) is 0 Å². The molecule has 0 unspecified atom stereocenters. The summed E-state index contributed by atoms with van der Waals surface area (Å²) in [5.74, 6) is 1.46. The van der Waals surface area contributed by atoms with Crippen molar-refractivity contribution in [3.05, 3.63) is 58.6 Å². The van der Waals surface area contributed by atoms with Crippen LogP contribution in [0.2, 0.25) is 10.0 Å². The van der Waals surface area contributed by atoms with E-state index >= 15 is 0 Å². The summed E-state index contributed by atoms with van der Waals surface area (Å²) < 4.78 is 6.18. The van der Waals surface area contributed by atoms with Gasteiger partial charge < -0.3 is 15.0 Å². The topological polar surface area (TPSA) is 91.8 Å². The van der Waals surface area contributed by atoms with Crippen molar-refractivity contribution in [2.45, 2.75) is 25.9 Å². The summed E-state index contributed by atoms with van der Waals surface area (Å²) >= 11 is 12.6. The van der Waals surface area contributed by atoms with Gasteiger partial charge in [0.25, 0.3) is 0 Å². The first-order valence-electron chi connectivity index (χ1n) is 11.7. The van der Waals surface area contributed by atoms with E-state index in [1.807, 2.05) is 37.5 Å². The number of aromatic nitrogens is 5. The lowest BCUT2D eigenvalue weighted by atomic mass is 9.72. The van der Waals surface area contributed by atoms with Crippen molar-refractivity contribution in [3.63, 3.8) is 0 Å². The van der Waals surface area contributed by atoms with Crippen LogP contribution in [0.3, 0.4) is 0 Å². The van der Waals surface area contributed by atoms with Gasteiger partial charge in [-0.3, -0.25) is 10.1 Å². The maximum atomic E-state index is 6.30. The lowest BCUT2D eigenvalue weighted by molar-refractivity contribution is 0.148. The molecule has 5 heterocycles. The Balaban J connectivity index is 1.21. The molecule has 4 aromatic rings. The predicted octanol–water partition coefficient (Wildman–Crippen LogP) is 5.05. The molecule has 1 aromatic carbocycles. The minimum atomic E-state index is -0.354. The maximum Gasteiger partial charge on any atom is 0.225 e. The smallest absolute Gasteiger partial charge is 0.225 e. The monoisotopic (exact) mass is 509 g/mol. The van der Waals surface area contributed by atoms with Gasteiger partial charge in [-0.2, -0.15) is 5.10 Å². The van der Waals surface area contributed by atoms with Gasteiger partial charge in [-0.05, 0) is 51.1 Å². The molecule has 180 valence electrons. The van der Waals surface area contributed by atoms with Crippen LogP contribution >= 0.6 is 23.2 Å². The van der Waals surface area contributed by atoms with Gasteiger partial charge in [0.2, 0.25) is 5.95 Å². The summed E-state index contributed by atoms with van der Waals surface area (Å²) in [6.07, 6.45) is 8.92. The van der Waals surface area contributed by atoms with Crippen LogP contribution in [0, 0.1) is 5.41 Å². The molecule has 2 fully saturated rings. The van der Waals surface area contributed by atoms with Crippen molar-refractivity contribution < 1.29 is 4.74 Å². The Morgan fingerprint density at radius 2 is 1.74 bits per heavy atom. The number of pyridine rings is 1. The molecule has 2 aliphatic heterocycles. The predicted molar refractivity (Wildman–Crippen MR) is 137 cm³/mol. The molecule has 2 saturated heterocycles. The van der Waals surface area contributed by atoms with E-state index in [9.17, 15) is 0 Å². The Hall–Kier alpha value is -2.94. The molecule has 1 spiro atoms. The second kappa shape index (κ2) is 8.93. The number of nitrogens with zero attached hydrogens (tertiary/aromatic N) is 5. The van der Waals surface area contributed by atoms with E-state index in [1.54, 1.807) is 12.4 Å². The van der Waals surface area contributed by atoms with E-state index in [0.717, 1.165) is 54.3 Å². The first-order chi connectivity index (χ1) is 17.0. The summed E-state index contributed by atoms with van der Waals surface area (Å²) in [6, 6.07) is 5.79. The molecule has 6 rings (SSSR count). The van der Waals surface area contributed by atoms with Gasteiger partial charge in [0.1, 0.15) is 17.5 Å². The first kappa shape index (κ1) is 22.5. The maximum absolute atomic E-state index is 6.30. The zero-order valence-corrected chi connectivity index (χ0v) is 20.8. The Kier molecular flexibility index (Phi) is 5.75. The molecular formula is C25H25Cl2N7O. The molecule has 10 heteroatoms. The third kappa shape index (κ3) is 4.20. The summed E-state index contributed by atoms with van der Waals surface area (Å²) in [7, 11) is 0. The Labute approximate surface area is 213 Å². The second-order valence-electron chi connectivity index (χ2n) is 9.43. The summed E-state index contributed by atoms with van der Waals surface area (Å²) in [4.78, 5) is 15.6. The average Bonchev–Trinajstić information content (AvgIpc) is 3.26. The first-order valence-corrected chi connectivity index (χ1v) is 12.5. The van der Waals surface area contributed by atoms with Gasteiger partial charge in [-0.25, -0.2) is 9.97 Å². The van der Waals surface area contributed by atoms with Gasteiger partial charge in [0.05, 0.1) is 15.6 Å². The second-order valence-corrected chi connectivity index (χ2v) is 10.2. The molecule has 8 nitrogen and oxygen atoms in total. The number of H-pyrrole nitrogens is 1. The molecule has 3 aromatic heterocycles. The minimum Gasteiger partial charge on any atom is -0.486 e. The van der Waals surface area contributed by atoms with E-state index in [0.29, 0.717) is 26.8 Å².